The Morgan fingerprint density at radius 2 is 1.74 bits per heavy atom. The van der Waals surface area contributed by atoms with Crippen LogP contribution in [-0.2, 0) is 17.9 Å². The average molecular weight is 483 g/mol. The van der Waals surface area contributed by atoms with Gasteiger partial charge in [0.25, 0.3) is 5.91 Å². The van der Waals surface area contributed by atoms with Gasteiger partial charge in [-0.05, 0) is 48.2 Å². The van der Waals surface area contributed by atoms with Crippen LogP contribution in [0, 0.1) is 5.82 Å². The number of carbonyl (C=O) groups is 2. The van der Waals surface area contributed by atoms with Gasteiger partial charge in [0.1, 0.15) is 18.0 Å². The Balaban J connectivity index is 1.10. The molecule has 1 N–H and O–H groups in total. The number of carbonyl (C=O) groups excluding carboxylic acids is 2. The molecule has 0 bridgehead atoms. The van der Waals surface area contributed by atoms with E-state index in [0.29, 0.717) is 48.9 Å². The minimum atomic E-state index is -0.723. The molecule has 3 heterocycles. The second kappa shape index (κ2) is 10.1. The van der Waals surface area contributed by atoms with E-state index >= 15 is 0 Å². The number of halogens is 2. The molecule has 2 aliphatic rings. The number of nitrogens with zero attached hydrogens (tertiary/aromatic N) is 5. The maximum atomic E-state index is 14.1. The summed E-state index contributed by atoms with van der Waals surface area (Å²) >= 11 is 0. The first-order chi connectivity index (χ1) is 17.0. The van der Waals surface area contributed by atoms with Crippen LogP contribution in [0.2, 0.25) is 0 Å². The van der Waals surface area contributed by atoms with Gasteiger partial charge >= 0.3 is 0 Å². The van der Waals surface area contributed by atoms with Crippen molar-refractivity contribution >= 4 is 22.8 Å². The van der Waals surface area contributed by atoms with E-state index in [-0.39, 0.29) is 23.8 Å². The molecule has 0 saturated carbocycles. The molecule has 2 amide bonds. The van der Waals surface area contributed by atoms with Gasteiger partial charge in [-0.15, -0.1) is 5.10 Å². The maximum Gasteiger partial charge on any atom is 0.253 e. The monoisotopic (exact) mass is 482 g/mol. The normalized spacial score (nSPS) is 17.8. The van der Waals surface area contributed by atoms with Crippen molar-refractivity contribution in [3.63, 3.8) is 0 Å². The van der Waals surface area contributed by atoms with Crippen LogP contribution in [0.1, 0.15) is 34.3 Å². The van der Waals surface area contributed by atoms with Crippen molar-refractivity contribution in [3.8, 4) is 0 Å². The highest BCUT2D eigenvalue weighted by Gasteiger charge is 2.30. The number of piperidine rings is 1. The zero-order chi connectivity index (χ0) is 24.4. The number of hydrogen-bond donors (Lipinski definition) is 1. The van der Waals surface area contributed by atoms with Crippen LogP contribution in [0.5, 0.6) is 0 Å². The van der Waals surface area contributed by atoms with Crippen LogP contribution in [0.3, 0.4) is 0 Å². The summed E-state index contributed by atoms with van der Waals surface area (Å²) in [4.78, 5) is 31.7. The summed E-state index contributed by atoms with van der Waals surface area (Å²) in [6.07, 6.45) is 1.76. The Labute approximate surface area is 201 Å². The number of aromatic amines is 1. The molecule has 0 radical (unpaired) electrons. The standard InChI is InChI=1S/C25H28F2N6O2/c26-16-17-1-2-18(21(27)13-17)15-24(34)32-11-9-31(10-12-32)20-5-7-33(8-6-20)25(35)19-3-4-22-23(14-19)29-30-28-22/h1-4,13-14,20H,5-12,15-16H2,(H,28,29,30). The van der Waals surface area contributed by atoms with Crippen molar-refractivity contribution in [2.75, 3.05) is 39.3 Å². The molecule has 0 spiro atoms. The topological polar surface area (TPSA) is 85.4 Å². The Bertz CT molecular complexity index is 1220. The number of rotatable bonds is 5. The molecular formula is C25H28F2N6O2. The highest BCUT2D eigenvalue weighted by atomic mass is 19.1. The van der Waals surface area contributed by atoms with Gasteiger partial charge < -0.3 is 9.80 Å². The van der Waals surface area contributed by atoms with Gasteiger partial charge in [-0.25, -0.2) is 8.78 Å². The molecule has 2 aromatic carbocycles. The highest BCUT2D eigenvalue weighted by Crippen LogP contribution is 2.22. The van der Waals surface area contributed by atoms with Crippen LogP contribution in [0.15, 0.2) is 36.4 Å². The Hall–Kier alpha value is -3.40. The van der Waals surface area contributed by atoms with Crippen molar-refractivity contribution in [1.29, 1.82) is 0 Å². The van der Waals surface area contributed by atoms with Crippen LogP contribution >= 0.6 is 0 Å². The largest absolute Gasteiger partial charge is 0.340 e. The molecule has 2 saturated heterocycles. The molecule has 0 aliphatic carbocycles. The predicted octanol–water partition coefficient (Wildman–Crippen LogP) is 2.56. The quantitative estimate of drug-likeness (QED) is 0.604. The van der Waals surface area contributed by atoms with Crippen molar-refractivity contribution in [3.05, 3.63) is 58.9 Å². The number of benzene rings is 2. The summed E-state index contributed by atoms with van der Waals surface area (Å²) in [5.41, 5.74) is 2.67. The number of hydrogen-bond acceptors (Lipinski definition) is 5. The third-order valence-electron chi connectivity index (χ3n) is 7.12. The third kappa shape index (κ3) is 5.02. The minimum Gasteiger partial charge on any atom is -0.340 e. The van der Waals surface area contributed by atoms with E-state index in [0.717, 1.165) is 37.5 Å². The van der Waals surface area contributed by atoms with Crippen LogP contribution < -0.4 is 0 Å². The first-order valence-corrected chi connectivity index (χ1v) is 12.0. The van der Waals surface area contributed by atoms with E-state index in [2.05, 4.69) is 20.3 Å². The number of H-pyrrole nitrogens is 1. The van der Waals surface area contributed by atoms with E-state index in [1.807, 2.05) is 11.0 Å². The van der Waals surface area contributed by atoms with Crippen molar-refractivity contribution in [2.24, 2.45) is 0 Å². The SMILES string of the molecule is O=C(Cc1ccc(CF)cc1F)N1CCN(C2CCN(C(=O)c3ccc4[nH]nnc4c3)CC2)CC1. The first-order valence-electron chi connectivity index (χ1n) is 12.0. The van der Waals surface area contributed by atoms with Gasteiger partial charge in [0.2, 0.25) is 5.91 Å². The zero-order valence-electron chi connectivity index (χ0n) is 19.4. The van der Waals surface area contributed by atoms with E-state index in [9.17, 15) is 18.4 Å². The number of alkyl halides is 1. The van der Waals surface area contributed by atoms with Gasteiger partial charge in [-0.2, -0.15) is 0 Å². The summed E-state index contributed by atoms with van der Waals surface area (Å²) < 4.78 is 26.8. The van der Waals surface area contributed by atoms with E-state index in [1.54, 1.807) is 17.0 Å². The molecular weight excluding hydrogens is 454 g/mol. The molecule has 1 aromatic heterocycles. The number of nitrogens with one attached hydrogen (secondary N) is 1. The molecule has 0 atom stereocenters. The molecule has 5 rings (SSSR count). The minimum absolute atomic E-state index is 0.00976. The van der Waals surface area contributed by atoms with E-state index < -0.39 is 12.5 Å². The zero-order valence-corrected chi connectivity index (χ0v) is 19.4. The van der Waals surface area contributed by atoms with Crippen LogP contribution in [0.4, 0.5) is 8.78 Å². The second-order valence-electron chi connectivity index (χ2n) is 9.22. The highest BCUT2D eigenvalue weighted by molar-refractivity contribution is 5.97. The molecule has 0 unspecified atom stereocenters. The van der Waals surface area contributed by atoms with Crippen LogP contribution in [-0.4, -0.2) is 87.2 Å². The van der Waals surface area contributed by atoms with Crippen molar-refractivity contribution < 1.29 is 18.4 Å². The fourth-order valence-electron chi connectivity index (χ4n) is 5.02. The summed E-state index contributed by atoms with van der Waals surface area (Å²) in [6.45, 7) is 3.37. The third-order valence-corrected chi connectivity index (χ3v) is 7.12. The van der Waals surface area contributed by atoms with Gasteiger partial charge in [0.15, 0.2) is 0 Å². The fourth-order valence-corrected chi connectivity index (χ4v) is 5.02. The molecule has 184 valence electrons. The molecule has 2 fully saturated rings. The van der Waals surface area contributed by atoms with Crippen molar-refractivity contribution in [1.82, 2.24) is 30.1 Å². The fraction of sp³-hybridized carbons (Fsp3) is 0.440. The Kier molecular flexibility index (Phi) is 6.72. The number of fused-ring (bicyclic) bond motifs is 1. The number of aromatic nitrogens is 3. The number of likely N-dealkylation sites (tertiary alicyclic amines) is 1. The Morgan fingerprint density at radius 1 is 0.971 bits per heavy atom. The first kappa shape index (κ1) is 23.3. The number of amides is 2. The lowest BCUT2D eigenvalue weighted by atomic mass is 10.0. The van der Waals surface area contributed by atoms with Gasteiger partial charge in [0.05, 0.1) is 11.9 Å². The summed E-state index contributed by atoms with van der Waals surface area (Å²) in [5.74, 6) is -0.633. The van der Waals surface area contributed by atoms with Gasteiger partial charge in [0, 0.05) is 50.9 Å². The van der Waals surface area contributed by atoms with E-state index in [1.165, 1.54) is 12.1 Å². The summed E-state index contributed by atoms with van der Waals surface area (Å²) in [7, 11) is 0. The van der Waals surface area contributed by atoms with E-state index in [4.69, 9.17) is 0 Å². The van der Waals surface area contributed by atoms with Crippen LogP contribution in [0.25, 0.3) is 11.0 Å². The average Bonchev–Trinajstić information content (AvgIpc) is 3.37. The molecule has 3 aromatic rings. The maximum absolute atomic E-state index is 14.1. The van der Waals surface area contributed by atoms with Crippen molar-refractivity contribution in [2.45, 2.75) is 32.0 Å². The molecule has 2 aliphatic heterocycles. The number of piperazine rings is 1. The predicted molar refractivity (Wildman–Crippen MR) is 126 cm³/mol. The van der Waals surface area contributed by atoms with Gasteiger partial charge in [-0.3, -0.25) is 19.6 Å². The lowest BCUT2D eigenvalue weighted by Crippen LogP contribution is -2.55. The Morgan fingerprint density at radius 3 is 2.46 bits per heavy atom. The van der Waals surface area contributed by atoms with Gasteiger partial charge in [-0.1, -0.05) is 17.3 Å². The smallest absolute Gasteiger partial charge is 0.253 e. The molecule has 10 heteroatoms. The molecule has 8 nitrogen and oxygen atoms in total. The lowest BCUT2D eigenvalue weighted by molar-refractivity contribution is -0.132. The lowest BCUT2D eigenvalue weighted by Gasteiger charge is -2.42. The second-order valence-corrected chi connectivity index (χ2v) is 9.22. The molecule has 35 heavy (non-hydrogen) atoms. The summed E-state index contributed by atoms with van der Waals surface area (Å²) in [6, 6.07) is 9.94. The summed E-state index contributed by atoms with van der Waals surface area (Å²) in [5, 5.41) is 10.5.